The Morgan fingerprint density at radius 3 is 2.23 bits per heavy atom. The van der Waals surface area contributed by atoms with Crippen LogP contribution in [0.1, 0.15) is 20.3 Å². The molecule has 2 atom stereocenters. The second-order valence-electron chi connectivity index (χ2n) is 3.56. The number of nitrogens with two attached hydrogens (primary N) is 1. The summed E-state index contributed by atoms with van der Waals surface area (Å²) in [5.74, 6) is -0.712. The minimum atomic E-state index is -4.26. The molecule has 0 amide bonds. The molecule has 0 fully saturated rings. The van der Waals surface area contributed by atoms with Crippen LogP contribution in [0.15, 0.2) is 0 Å². The van der Waals surface area contributed by atoms with Gasteiger partial charge in [0.15, 0.2) is 0 Å². The van der Waals surface area contributed by atoms with E-state index in [1.54, 1.807) is 0 Å². The van der Waals surface area contributed by atoms with Crippen LogP contribution in [0.4, 0.5) is 4.39 Å². The van der Waals surface area contributed by atoms with E-state index >= 15 is 0 Å². The number of alkyl halides is 1. The highest BCUT2D eigenvalue weighted by Crippen LogP contribution is 2.10. The Kier molecular flexibility index (Phi) is 4.80. The van der Waals surface area contributed by atoms with Crippen molar-refractivity contribution >= 4 is 10.1 Å². The van der Waals surface area contributed by atoms with Crippen LogP contribution in [0.25, 0.3) is 0 Å². The van der Waals surface area contributed by atoms with Gasteiger partial charge in [0.1, 0.15) is 11.9 Å². The van der Waals surface area contributed by atoms with E-state index in [-0.39, 0.29) is 5.92 Å². The Morgan fingerprint density at radius 2 is 1.92 bits per heavy atom. The second kappa shape index (κ2) is 4.88. The topological polar surface area (TPSA) is 80.4 Å². The lowest BCUT2D eigenvalue weighted by atomic mass is 10.0. The van der Waals surface area contributed by atoms with Gasteiger partial charge >= 0.3 is 0 Å². The first-order chi connectivity index (χ1) is 5.72. The highest BCUT2D eigenvalue weighted by Gasteiger charge is 2.23. The lowest BCUT2D eigenvalue weighted by Gasteiger charge is -2.17. The standard InChI is InChI=1S/C7H16FNO3S/c1-5(2)3-7(9)6(8)4-13(10,11)12/h5-7H,3-4,9H2,1-2H3,(H,10,11,12)/t6-,7?/m0/s1. The maximum absolute atomic E-state index is 13.0. The predicted octanol–water partition coefficient (Wildman–Crippen LogP) is 0.586. The number of hydrogen-bond donors (Lipinski definition) is 2. The summed E-state index contributed by atoms with van der Waals surface area (Å²) < 4.78 is 41.9. The summed E-state index contributed by atoms with van der Waals surface area (Å²) in [4.78, 5) is 0. The van der Waals surface area contributed by atoms with E-state index < -0.39 is 28.1 Å². The van der Waals surface area contributed by atoms with Gasteiger partial charge in [-0.1, -0.05) is 13.8 Å². The van der Waals surface area contributed by atoms with Crippen LogP contribution >= 0.6 is 0 Å². The van der Waals surface area contributed by atoms with Crippen molar-refractivity contribution in [1.29, 1.82) is 0 Å². The minimum Gasteiger partial charge on any atom is -0.325 e. The van der Waals surface area contributed by atoms with Crippen molar-refractivity contribution in [3.8, 4) is 0 Å². The van der Waals surface area contributed by atoms with Crippen molar-refractivity contribution in [2.24, 2.45) is 11.7 Å². The second-order valence-corrected chi connectivity index (χ2v) is 5.06. The van der Waals surface area contributed by atoms with Crippen molar-refractivity contribution < 1.29 is 17.4 Å². The van der Waals surface area contributed by atoms with Crippen molar-refractivity contribution in [2.45, 2.75) is 32.5 Å². The van der Waals surface area contributed by atoms with E-state index in [4.69, 9.17) is 10.3 Å². The van der Waals surface area contributed by atoms with E-state index in [0.29, 0.717) is 6.42 Å². The molecule has 6 heteroatoms. The molecule has 0 aromatic carbocycles. The average molecular weight is 213 g/mol. The van der Waals surface area contributed by atoms with Gasteiger partial charge in [0, 0.05) is 6.04 Å². The molecule has 0 aliphatic rings. The molecular formula is C7H16FNO3S. The van der Waals surface area contributed by atoms with Crippen LogP contribution in [-0.4, -0.2) is 30.9 Å². The lowest BCUT2D eigenvalue weighted by Crippen LogP contribution is -2.37. The summed E-state index contributed by atoms with van der Waals surface area (Å²) in [7, 11) is -4.26. The van der Waals surface area contributed by atoms with Crippen molar-refractivity contribution in [1.82, 2.24) is 0 Å². The summed E-state index contributed by atoms with van der Waals surface area (Å²) in [6.45, 7) is 3.72. The Balaban J connectivity index is 4.04. The zero-order valence-electron chi connectivity index (χ0n) is 7.77. The lowest BCUT2D eigenvalue weighted by molar-refractivity contribution is 0.276. The Hall–Kier alpha value is -0.200. The Morgan fingerprint density at radius 1 is 1.46 bits per heavy atom. The van der Waals surface area contributed by atoms with E-state index in [2.05, 4.69) is 0 Å². The molecular weight excluding hydrogens is 197 g/mol. The quantitative estimate of drug-likeness (QED) is 0.655. The molecule has 1 unspecified atom stereocenters. The number of hydrogen-bond acceptors (Lipinski definition) is 3. The molecule has 0 rings (SSSR count). The van der Waals surface area contributed by atoms with Crippen molar-refractivity contribution in [3.05, 3.63) is 0 Å². The van der Waals surface area contributed by atoms with E-state index in [1.807, 2.05) is 13.8 Å². The third kappa shape index (κ3) is 6.92. The number of halogens is 1. The fourth-order valence-corrected chi connectivity index (χ4v) is 1.67. The molecule has 0 saturated heterocycles. The molecule has 13 heavy (non-hydrogen) atoms. The highest BCUT2D eigenvalue weighted by molar-refractivity contribution is 7.85. The average Bonchev–Trinajstić information content (AvgIpc) is 1.81. The third-order valence-corrected chi connectivity index (χ3v) is 2.32. The van der Waals surface area contributed by atoms with Crippen LogP contribution in [-0.2, 0) is 10.1 Å². The summed E-state index contributed by atoms with van der Waals surface area (Å²) in [5, 5.41) is 0. The van der Waals surface area contributed by atoms with Crippen LogP contribution in [0, 0.1) is 5.92 Å². The van der Waals surface area contributed by atoms with Crippen molar-refractivity contribution in [3.63, 3.8) is 0 Å². The van der Waals surface area contributed by atoms with Gasteiger partial charge < -0.3 is 5.73 Å². The molecule has 0 aromatic rings. The molecule has 0 radical (unpaired) electrons. The highest BCUT2D eigenvalue weighted by atomic mass is 32.2. The van der Waals surface area contributed by atoms with Gasteiger partial charge in [0.25, 0.3) is 10.1 Å². The Labute approximate surface area is 78.1 Å². The van der Waals surface area contributed by atoms with E-state index in [1.165, 1.54) is 0 Å². The van der Waals surface area contributed by atoms with Gasteiger partial charge in [-0.25, -0.2) is 4.39 Å². The van der Waals surface area contributed by atoms with Crippen LogP contribution in [0.2, 0.25) is 0 Å². The maximum Gasteiger partial charge on any atom is 0.267 e. The summed E-state index contributed by atoms with van der Waals surface area (Å²) >= 11 is 0. The van der Waals surface area contributed by atoms with E-state index in [0.717, 1.165) is 0 Å². The Bertz CT molecular complexity index is 240. The van der Waals surface area contributed by atoms with E-state index in [9.17, 15) is 12.8 Å². The molecule has 0 heterocycles. The first-order valence-corrected chi connectivity index (χ1v) is 5.68. The molecule has 3 N–H and O–H groups in total. The monoisotopic (exact) mass is 213 g/mol. The summed E-state index contributed by atoms with van der Waals surface area (Å²) in [6, 6.07) is -0.832. The fourth-order valence-electron chi connectivity index (χ4n) is 1.02. The van der Waals surface area contributed by atoms with Gasteiger partial charge in [-0.05, 0) is 12.3 Å². The zero-order valence-corrected chi connectivity index (χ0v) is 8.59. The van der Waals surface area contributed by atoms with Crippen LogP contribution in [0.3, 0.4) is 0 Å². The molecule has 0 spiro atoms. The smallest absolute Gasteiger partial charge is 0.267 e. The van der Waals surface area contributed by atoms with Crippen LogP contribution in [0.5, 0.6) is 0 Å². The van der Waals surface area contributed by atoms with Crippen LogP contribution < -0.4 is 5.73 Å². The molecule has 0 aliphatic carbocycles. The molecule has 0 saturated carbocycles. The first kappa shape index (κ1) is 12.8. The SMILES string of the molecule is CC(C)CC(N)[C@@H](F)CS(=O)(=O)O. The third-order valence-electron chi connectivity index (χ3n) is 1.58. The zero-order chi connectivity index (χ0) is 10.6. The first-order valence-electron chi connectivity index (χ1n) is 4.07. The maximum atomic E-state index is 13.0. The molecule has 4 nitrogen and oxygen atoms in total. The van der Waals surface area contributed by atoms with Gasteiger partial charge in [0.2, 0.25) is 0 Å². The summed E-state index contributed by atoms with van der Waals surface area (Å²) in [6.07, 6.45) is -1.30. The summed E-state index contributed by atoms with van der Waals surface area (Å²) in [5.41, 5.74) is 5.37. The molecule has 0 aromatic heterocycles. The van der Waals surface area contributed by atoms with Gasteiger partial charge in [-0.2, -0.15) is 8.42 Å². The normalized spacial score (nSPS) is 17.4. The van der Waals surface area contributed by atoms with Crippen molar-refractivity contribution in [2.75, 3.05) is 5.75 Å². The molecule has 0 bridgehead atoms. The fraction of sp³-hybridized carbons (Fsp3) is 1.00. The van der Waals surface area contributed by atoms with Gasteiger partial charge in [-0.3, -0.25) is 4.55 Å². The molecule has 0 aliphatic heterocycles. The number of rotatable bonds is 5. The largest absolute Gasteiger partial charge is 0.325 e. The molecule has 80 valence electrons. The predicted molar refractivity (Wildman–Crippen MR) is 48.7 cm³/mol. The van der Waals surface area contributed by atoms with Gasteiger partial charge in [0.05, 0.1) is 0 Å². The van der Waals surface area contributed by atoms with Gasteiger partial charge in [-0.15, -0.1) is 0 Å². The minimum absolute atomic E-state index is 0.203.